The second kappa shape index (κ2) is 4.02. The molecule has 6 heteroatoms. The summed E-state index contributed by atoms with van der Waals surface area (Å²) >= 11 is 0. The third-order valence-electron chi connectivity index (χ3n) is 4.27. The Balaban J connectivity index is 2.31. The van der Waals surface area contributed by atoms with Gasteiger partial charge in [-0.1, -0.05) is 13.8 Å². The van der Waals surface area contributed by atoms with E-state index in [1.165, 1.54) is 4.57 Å². The van der Waals surface area contributed by atoms with Crippen molar-refractivity contribution in [1.29, 1.82) is 5.41 Å². The van der Waals surface area contributed by atoms with Gasteiger partial charge in [-0.05, 0) is 12.5 Å². The van der Waals surface area contributed by atoms with Crippen molar-refractivity contribution in [2.24, 2.45) is 5.92 Å². The Bertz CT molecular complexity index is 691. The molecule has 0 bridgehead atoms. The van der Waals surface area contributed by atoms with Crippen LogP contribution in [0.5, 0.6) is 0 Å². The van der Waals surface area contributed by atoms with Crippen LogP contribution < -0.4 is 5.56 Å². The summed E-state index contributed by atoms with van der Waals surface area (Å²) in [5, 5.41) is 18.5. The van der Waals surface area contributed by atoms with Crippen molar-refractivity contribution in [3.63, 3.8) is 0 Å². The Hall–Kier alpha value is -1.95. The zero-order valence-corrected chi connectivity index (χ0v) is 11.4. The van der Waals surface area contributed by atoms with Crippen molar-refractivity contribution in [2.45, 2.75) is 39.0 Å². The Kier molecular flexibility index (Phi) is 2.62. The van der Waals surface area contributed by atoms with E-state index in [0.717, 1.165) is 0 Å². The number of aromatic nitrogens is 1. The average Bonchev–Trinajstić information content (AvgIpc) is 2.72. The third-order valence-corrected chi connectivity index (χ3v) is 4.27. The number of esters is 1. The van der Waals surface area contributed by atoms with Gasteiger partial charge >= 0.3 is 5.97 Å². The number of cyclic esters (lactones) is 1. The van der Waals surface area contributed by atoms with E-state index < -0.39 is 11.6 Å². The van der Waals surface area contributed by atoms with Gasteiger partial charge in [0.15, 0.2) is 5.60 Å². The molecule has 0 amide bonds. The van der Waals surface area contributed by atoms with Crippen LogP contribution >= 0.6 is 0 Å². The predicted octanol–water partition coefficient (Wildman–Crippen LogP) is 0.520. The number of pyridine rings is 1. The fraction of sp³-hybridized carbons (Fsp3) is 0.500. The molecule has 106 valence electrons. The van der Waals surface area contributed by atoms with Crippen LogP contribution in [0.3, 0.4) is 0 Å². The highest BCUT2D eigenvalue weighted by Crippen LogP contribution is 2.34. The molecule has 0 fully saturated rings. The molecule has 2 aliphatic heterocycles. The smallest absolute Gasteiger partial charge is 0.343 e. The van der Waals surface area contributed by atoms with E-state index >= 15 is 0 Å². The van der Waals surface area contributed by atoms with Crippen LogP contribution in [-0.2, 0) is 28.3 Å². The van der Waals surface area contributed by atoms with Crippen molar-refractivity contribution in [3.8, 4) is 0 Å². The fourth-order valence-corrected chi connectivity index (χ4v) is 2.92. The average molecular weight is 276 g/mol. The van der Waals surface area contributed by atoms with E-state index in [4.69, 9.17) is 10.1 Å². The van der Waals surface area contributed by atoms with Gasteiger partial charge in [-0.15, -0.1) is 0 Å². The van der Waals surface area contributed by atoms with Gasteiger partial charge in [0.2, 0.25) is 0 Å². The Morgan fingerprint density at radius 3 is 2.90 bits per heavy atom. The molecule has 1 aromatic heterocycles. The lowest BCUT2D eigenvalue weighted by molar-refractivity contribution is -0.172. The number of hydrogen-bond donors (Lipinski definition) is 2. The topological polar surface area (TPSA) is 92.4 Å². The number of nitrogens with zero attached hydrogens (tertiary/aromatic N) is 1. The predicted molar refractivity (Wildman–Crippen MR) is 70.7 cm³/mol. The third kappa shape index (κ3) is 1.45. The van der Waals surface area contributed by atoms with E-state index in [2.05, 4.69) is 0 Å². The molecule has 0 saturated heterocycles. The van der Waals surface area contributed by atoms with Gasteiger partial charge in [-0.25, -0.2) is 4.79 Å². The van der Waals surface area contributed by atoms with E-state index in [-0.39, 0.29) is 24.5 Å². The molecule has 2 aliphatic rings. The molecule has 6 nitrogen and oxygen atoms in total. The molecule has 0 aliphatic carbocycles. The summed E-state index contributed by atoms with van der Waals surface area (Å²) in [5.41, 5.74) is -0.587. The molecule has 3 rings (SSSR count). The second-order valence-corrected chi connectivity index (χ2v) is 5.44. The number of hydrogen-bond acceptors (Lipinski definition) is 5. The minimum Gasteiger partial charge on any atom is -0.458 e. The number of nitrogens with one attached hydrogen (secondary N) is 1. The SMILES string of the molecule is CC[C@@]1(O)C(=O)OCc2c1cc1n(c2=O)CC(C)C1=N. The highest BCUT2D eigenvalue weighted by molar-refractivity contribution is 6.00. The van der Waals surface area contributed by atoms with E-state index in [9.17, 15) is 14.7 Å². The molecule has 2 atom stereocenters. The first kappa shape index (κ1) is 13.1. The lowest BCUT2D eigenvalue weighted by Crippen LogP contribution is -2.44. The van der Waals surface area contributed by atoms with E-state index in [1.54, 1.807) is 13.0 Å². The van der Waals surface area contributed by atoms with Gasteiger partial charge in [0.1, 0.15) is 6.61 Å². The summed E-state index contributed by atoms with van der Waals surface area (Å²) < 4.78 is 6.48. The highest BCUT2D eigenvalue weighted by atomic mass is 16.6. The largest absolute Gasteiger partial charge is 0.458 e. The normalized spacial score (nSPS) is 28.1. The highest BCUT2D eigenvalue weighted by Gasteiger charge is 2.45. The van der Waals surface area contributed by atoms with Crippen molar-refractivity contribution in [3.05, 3.63) is 33.2 Å². The van der Waals surface area contributed by atoms with Crippen molar-refractivity contribution < 1.29 is 14.6 Å². The van der Waals surface area contributed by atoms with E-state index in [1.807, 2.05) is 6.92 Å². The van der Waals surface area contributed by atoms with Crippen molar-refractivity contribution in [2.75, 3.05) is 0 Å². The molecule has 3 heterocycles. The monoisotopic (exact) mass is 276 g/mol. The molecule has 1 unspecified atom stereocenters. The van der Waals surface area contributed by atoms with Crippen LogP contribution in [0.4, 0.5) is 0 Å². The summed E-state index contributed by atoms with van der Waals surface area (Å²) in [6.45, 7) is 3.88. The molecule has 20 heavy (non-hydrogen) atoms. The number of rotatable bonds is 1. The van der Waals surface area contributed by atoms with Crippen LogP contribution in [0.1, 0.15) is 37.1 Å². The van der Waals surface area contributed by atoms with Gasteiger partial charge in [0.05, 0.1) is 17.0 Å². The second-order valence-electron chi connectivity index (χ2n) is 5.44. The molecule has 0 saturated carbocycles. The molecular weight excluding hydrogens is 260 g/mol. The molecule has 0 aromatic carbocycles. The summed E-state index contributed by atoms with van der Waals surface area (Å²) in [5.74, 6) is -0.771. The Morgan fingerprint density at radius 2 is 2.25 bits per heavy atom. The van der Waals surface area contributed by atoms with Crippen molar-refractivity contribution >= 4 is 11.7 Å². The number of carbonyl (C=O) groups excluding carboxylic acids is 1. The molecule has 0 spiro atoms. The van der Waals surface area contributed by atoms with Crippen molar-refractivity contribution in [1.82, 2.24) is 4.57 Å². The summed E-state index contributed by atoms with van der Waals surface area (Å²) in [6.07, 6.45) is 0.130. The maximum Gasteiger partial charge on any atom is 0.343 e. The molecule has 0 radical (unpaired) electrons. The minimum atomic E-state index is -1.78. The number of ether oxygens (including phenoxy) is 1. The molecule has 2 N–H and O–H groups in total. The quantitative estimate of drug-likeness (QED) is 0.731. The molecular formula is C14H16N2O4. The Morgan fingerprint density at radius 1 is 1.55 bits per heavy atom. The van der Waals surface area contributed by atoms with Gasteiger partial charge in [0.25, 0.3) is 5.56 Å². The number of fused-ring (bicyclic) bond motifs is 2. The van der Waals surface area contributed by atoms with Gasteiger partial charge in [0, 0.05) is 18.0 Å². The standard InChI is InChI=1S/C14H16N2O4/c1-3-14(19)9-4-10-11(15)7(2)5-16(10)12(17)8(9)6-20-13(14)18/h4,7,15,19H,3,5-6H2,1-2H3/t7?,14-/m0/s1. The van der Waals surface area contributed by atoms with Crippen LogP contribution in [0, 0.1) is 11.3 Å². The lowest BCUT2D eigenvalue weighted by Gasteiger charge is -2.31. The lowest BCUT2D eigenvalue weighted by atomic mass is 9.86. The maximum atomic E-state index is 12.5. The zero-order valence-electron chi connectivity index (χ0n) is 11.4. The zero-order chi connectivity index (χ0) is 14.7. The number of carbonyl (C=O) groups is 1. The summed E-state index contributed by atoms with van der Waals surface area (Å²) in [7, 11) is 0. The van der Waals surface area contributed by atoms with Gasteiger partial charge < -0.3 is 19.8 Å². The maximum absolute atomic E-state index is 12.5. The first-order valence-corrected chi connectivity index (χ1v) is 6.65. The van der Waals surface area contributed by atoms with Gasteiger partial charge in [-0.2, -0.15) is 0 Å². The Labute approximate surface area is 115 Å². The van der Waals surface area contributed by atoms with Crippen LogP contribution in [0.25, 0.3) is 0 Å². The van der Waals surface area contributed by atoms with E-state index in [0.29, 0.717) is 29.1 Å². The minimum absolute atomic E-state index is 0.0436. The first-order valence-electron chi connectivity index (χ1n) is 6.65. The van der Waals surface area contributed by atoms with Gasteiger partial charge in [-0.3, -0.25) is 4.79 Å². The summed E-state index contributed by atoms with van der Waals surface area (Å²) in [4.78, 5) is 24.3. The fourth-order valence-electron chi connectivity index (χ4n) is 2.92. The molecule has 1 aromatic rings. The van der Waals surface area contributed by atoms with Crippen LogP contribution in [-0.4, -0.2) is 21.4 Å². The first-order chi connectivity index (χ1) is 9.40. The van der Waals surface area contributed by atoms with Crippen LogP contribution in [0.15, 0.2) is 10.9 Å². The number of aliphatic hydroxyl groups is 1. The summed E-state index contributed by atoms with van der Waals surface area (Å²) in [6, 6.07) is 1.60. The van der Waals surface area contributed by atoms with Crippen LogP contribution in [0.2, 0.25) is 0 Å².